The molecule has 2 aromatic carbocycles. The summed E-state index contributed by atoms with van der Waals surface area (Å²) >= 11 is 0. The van der Waals surface area contributed by atoms with Crippen molar-refractivity contribution in [3.63, 3.8) is 0 Å². The monoisotopic (exact) mass is 224 g/mol. The summed E-state index contributed by atoms with van der Waals surface area (Å²) in [7, 11) is 0. The topological polar surface area (TPSA) is 49.9 Å². The smallest absolute Gasteiger partial charge is 0.136 e. The van der Waals surface area contributed by atoms with Gasteiger partial charge in [-0.15, -0.1) is 0 Å². The van der Waals surface area contributed by atoms with Crippen LogP contribution >= 0.6 is 0 Å². The molecule has 0 bridgehead atoms. The molecule has 1 aromatic heterocycles. The lowest BCUT2D eigenvalue weighted by Gasteiger charge is -1.99. The summed E-state index contributed by atoms with van der Waals surface area (Å²) in [6, 6.07) is 18.6. The maximum absolute atomic E-state index is 8.57. The molecule has 3 aromatic rings. The molecule has 0 aliphatic rings. The second-order valence-corrected chi connectivity index (χ2v) is 3.52. The lowest BCUT2D eigenvalue weighted by Crippen LogP contribution is -2.56. The van der Waals surface area contributed by atoms with Crippen molar-refractivity contribution in [1.29, 1.82) is 0 Å². The fourth-order valence-electron chi connectivity index (χ4n) is 1.72. The molecule has 0 aliphatic heterocycles. The molecule has 0 spiro atoms. The lowest BCUT2D eigenvalue weighted by atomic mass is 10.1. The van der Waals surface area contributed by atoms with Crippen molar-refractivity contribution >= 4 is 28.5 Å². The van der Waals surface area contributed by atoms with Gasteiger partial charge in [0, 0.05) is 10.8 Å². The van der Waals surface area contributed by atoms with E-state index in [0.29, 0.717) is 0 Å². The van der Waals surface area contributed by atoms with Crippen LogP contribution in [0.15, 0.2) is 54.6 Å². The third kappa shape index (κ3) is 2.39. The van der Waals surface area contributed by atoms with Gasteiger partial charge in [0.15, 0.2) is 0 Å². The molecule has 3 nitrogen and oxygen atoms in total. The third-order valence-electron chi connectivity index (χ3n) is 2.43. The number of pyridine rings is 1. The van der Waals surface area contributed by atoms with E-state index >= 15 is 0 Å². The molecule has 0 saturated heterocycles. The van der Waals surface area contributed by atoms with Crippen LogP contribution in [0, 0.1) is 5.21 Å². The van der Waals surface area contributed by atoms with E-state index in [1.54, 1.807) is 0 Å². The van der Waals surface area contributed by atoms with Gasteiger partial charge in [-0.2, -0.15) is 0 Å². The highest BCUT2D eigenvalue weighted by molar-refractivity contribution is 5.92. The van der Waals surface area contributed by atoms with Crippen LogP contribution in [0.5, 0.6) is 0 Å². The van der Waals surface area contributed by atoms with Gasteiger partial charge in [0.1, 0.15) is 6.72 Å². The number of nitrogens with zero attached hydrogens (tertiary/aromatic N) is 1. The first-order chi connectivity index (χ1) is 8.35. The van der Waals surface area contributed by atoms with Gasteiger partial charge in [0.25, 0.3) is 0 Å². The van der Waals surface area contributed by atoms with Gasteiger partial charge in [-0.25, -0.2) is 10.1 Å². The average Bonchev–Trinajstić information content (AvgIpc) is 2.37. The summed E-state index contributed by atoms with van der Waals surface area (Å²) in [6.07, 6.45) is 0. The Morgan fingerprint density at radius 2 is 1.29 bits per heavy atom. The molecular weight excluding hydrogens is 212 g/mol. The number of fused-ring (bicyclic) bond motifs is 2. The van der Waals surface area contributed by atoms with Crippen molar-refractivity contribution in [2.24, 2.45) is 0 Å². The second kappa shape index (κ2) is 5.07. The fraction of sp³-hybridized carbons (Fsp3) is 0. The maximum atomic E-state index is 8.57. The highest BCUT2D eigenvalue weighted by Gasteiger charge is 1.96. The summed E-state index contributed by atoms with van der Waals surface area (Å²) in [5, 5.41) is 12.2. The van der Waals surface area contributed by atoms with E-state index in [9.17, 15) is 0 Å². The quantitative estimate of drug-likeness (QED) is 0.273. The molecule has 0 aliphatic carbocycles. The van der Waals surface area contributed by atoms with Crippen LogP contribution < -0.4 is 5.16 Å². The Hall–Kier alpha value is -2.42. The fourth-order valence-corrected chi connectivity index (χ4v) is 1.72. The Morgan fingerprint density at radius 3 is 1.76 bits per heavy atom. The van der Waals surface area contributed by atoms with Crippen LogP contribution in [-0.2, 0) is 0 Å². The minimum Gasteiger partial charge on any atom is -0.626 e. The standard InChI is InChI=1S/C13H9N.CH3NO/c1-3-7-12-10(5-1)9-11-6-2-4-8-13(11)14-12;1-2-3/h1-9H;2H,1H2. The predicted molar refractivity (Wildman–Crippen MR) is 70.7 cm³/mol. The summed E-state index contributed by atoms with van der Waals surface area (Å²) < 4.78 is 0. The van der Waals surface area contributed by atoms with Crippen LogP contribution in [0.2, 0.25) is 0 Å². The first-order valence-electron chi connectivity index (χ1n) is 5.24. The summed E-state index contributed by atoms with van der Waals surface area (Å²) in [5.74, 6) is 0. The predicted octanol–water partition coefficient (Wildman–Crippen LogP) is 1.65. The number of rotatable bonds is 0. The molecule has 0 unspecified atom stereocenters. The minimum atomic E-state index is 1.06. The van der Waals surface area contributed by atoms with Crippen molar-refractivity contribution in [3.05, 3.63) is 59.8 Å². The first kappa shape index (κ1) is 11.1. The zero-order valence-corrected chi connectivity index (χ0v) is 9.26. The molecular formula is C14H12N2O. The molecule has 1 heterocycles. The molecule has 0 radical (unpaired) electrons. The highest BCUT2D eigenvalue weighted by atomic mass is 16.4. The van der Waals surface area contributed by atoms with Gasteiger partial charge in [0.05, 0.1) is 11.0 Å². The highest BCUT2D eigenvalue weighted by Crippen LogP contribution is 2.18. The van der Waals surface area contributed by atoms with Crippen LogP contribution in [0.1, 0.15) is 0 Å². The maximum Gasteiger partial charge on any atom is 0.136 e. The van der Waals surface area contributed by atoms with Gasteiger partial charge in [0.2, 0.25) is 0 Å². The van der Waals surface area contributed by atoms with Gasteiger partial charge in [-0.1, -0.05) is 36.4 Å². The van der Waals surface area contributed by atoms with Crippen molar-refractivity contribution in [1.82, 2.24) is 4.98 Å². The molecule has 0 saturated carbocycles. The molecule has 0 amide bonds. The number of para-hydroxylation sites is 2. The number of benzene rings is 2. The van der Waals surface area contributed by atoms with E-state index in [-0.39, 0.29) is 0 Å². The van der Waals surface area contributed by atoms with Crippen LogP contribution in [0.4, 0.5) is 0 Å². The van der Waals surface area contributed by atoms with E-state index in [1.165, 1.54) is 15.9 Å². The third-order valence-corrected chi connectivity index (χ3v) is 2.43. The van der Waals surface area contributed by atoms with Gasteiger partial charge in [-0.05, 0) is 18.2 Å². The van der Waals surface area contributed by atoms with Crippen LogP contribution in [-0.4, -0.2) is 11.7 Å². The number of hydrogen-bond acceptors (Lipinski definition) is 2. The molecule has 84 valence electrons. The van der Waals surface area contributed by atoms with E-state index < -0.39 is 0 Å². The molecule has 3 rings (SSSR count). The van der Waals surface area contributed by atoms with E-state index in [2.05, 4.69) is 29.9 Å². The lowest BCUT2D eigenvalue weighted by molar-refractivity contribution is -0.361. The Bertz CT molecular complexity index is 545. The SMILES string of the molecule is C=[NH+][O-].c1ccc2nc3ccccc3cc2c1. The Balaban J connectivity index is 0.000000329. The van der Waals surface area contributed by atoms with Gasteiger partial charge >= 0.3 is 0 Å². The molecule has 1 N–H and O–H groups in total. The van der Waals surface area contributed by atoms with Crippen molar-refractivity contribution in [3.8, 4) is 0 Å². The average molecular weight is 224 g/mol. The zero-order valence-electron chi connectivity index (χ0n) is 9.26. The van der Waals surface area contributed by atoms with Crippen LogP contribution in [0.3, 0.4) is 0 Å². The van der Waals surface area contributed by atoms with Gasteiger partial charge < -0.3 is 5.21 Å². The van der Waals surface area contributed by atoms with E-state index in [1.807, 2.05) is 36.4 Å². The molecule has 0 atom stereocenters. The second-order valence-electron chi connectivity index (χ2n) is 3.52. The van der Waals surface area contributed by atoms with E-state index in [0.717, 1.165) is 11.0 Å². The van der Waals surface area contributed by atoms with Crippen LogP contribution in [0.25, 0.3) is 21.8 Å². The minimum absolute atomic E-state index is 1.06. The number of hydrogen-bond donors (Lipinski definition) is 1. The zero-order chi connectivity index (χ0) is 12.1. The van der Waals surface area contributed by atoms with Crippen molar-refractivity contribution < 1.29 is 5.16 Å². The largest absolute Gasteiger partial charge is 0.626 e. The van der Waals surface area contributed by atoms with Crippen molar-refractivity contribution in [2.75, 3.05) is 0 Å². The van der Waals surface area contributed by atoms with Gasteiger partial charge in [-0.3, -0.25) is 0 Å². The number of nitrogens with one attached hydrogen (secondary N) is 1. The normalized spacial score (nSPS) is 9.65. The molecule has 3 heteroatoms. The summed E-state index contributed by atoms with van der Waals surface area (Å²) in [6.45, 7) is 2.68. The Labute approximate surface area is 99.0 Å². The van der Waals surface area contributed by atoms with E-state index in [4.69, 9.17) is 5.21 Å². The summed E-state index contributed by atoms with van der Waals surface area (Å²) in [4.78, 5) is 4.58. The first-order valence-corrected chi connectivity index (χ1v) is 5.24. The summed E-state index contributed by atoms with van der Waals surface area (Å²) in [5.41, 5.74) is 2.12. The molecule has 17 heavy (non-hydrogen) atoms. The Kier molecular flexibility index (Phi) is 3.31. The number of aromatic nitrogens is 1. The van der Waals surface area contributed by atoms with Crippen molar-refractivity contribution in [2.45, 2.75) is 0 Å². The Morgan fingerprint density at radius 1 is 0.882 bits per heavy atom. The molecule has 0 fully saturated rings.